The normalized spacial score (nSPS) is 12.8. The Morgan fingerprint density at radius 2 is 1.36 bits per heavy atom. The van der Waals surface area contributed by atoms with Gasteiger partial charge in [0.25, 0.3) is 5.91 Å². The van der Waals surface area contributed by atoms with Crippen LogP contribution in [-0.2, 0) is 16.0 Å². The molecule has 1 amide bonds. The molecule has 0 saturated carbocycles. The number of aryl methyl sites for hydroxylation is 1. The van der Waals surface area contributed by atoms with Crippen molar-refractivity contribution >= 4 is 57.8 Å². The lowest BCUT2D eigenvalue weighted by Gasteiger charge is -2.32. The molecule has 1 heterocycles. The first-order chi connectivity index (χ1) is 23.0. The van der Waals surface area contributed by atoms with Crippen LogP contribution in [0.3, 0.4) is 0 Å². The van der Waals surface area contributed by atoms with E-state index >= 15 is 0 Å². The molecule has 232 valence electrons. The monoisotopic (exact) mass is 618 g/mol. The largest absolute Gasteiger partial charge is 0.477 e. The van der Waals surface area contributed by atoms with Gasteiger partial charge in [0.15, 0.2) is 5.71 Å². The number of rotatable bonds is 10. The molecule has 0 aliphatic carbocycles. The summed E-state index contributed by atoms with van der Waals surface area (Å²) in [6.07, 6.45) is 6.74. The number of fused-ring (bicyclic) bond motifs is 1. The second kappa shape index (κ2) is 14.3. The summed E-state index contributed by atoms with van der Waals surface area (Å²) < 4.78 is 0. The predicted octanol–water partition coefficient (Wildman–Crippen LogP) is 8.92. The Morgan fingerprint density at radius 3 is 1.98 bits per heavy atom. The molecule has 0 radical (unpaired) electrons. The smallest absolute Gasteiger partial charge is 0.354 e. The fourth-order valence-electron chi connectivity index (χ4n) is 5.74. The molecule has 0 aromatic heterocycles. The van der Waals surface area contributed by atoms with Gasteiger partial charge in [-0.25, -0.2) is 4.79 Å². The highest BCUT2D eigenvalue weighted by atomic mass is 16.4. The number of carboxylic acids is 1. The molecular formula is C40H34N4O3. The average molecular weight is 619 g/mol. The van der Waals surface area contributed by atoms with E-state index in [2.05, 4.69) is 75.8 Å². The summed E-state index contributed by atoms with van der Waals surface area (Å²) in [4.78, 5) is 29.0. The second-order valence-corrected chi connectivity index (χ2v) is 11.1. The first-order valence-corrected chi connectivity index (χ1v) is 15.5. The van der Waals surface area contributed by atoms with E-state index in [1.54, 1.807) is 30.3 Å². The van der Waals surface area contributed by atoms with Gasteiger partial charge in [-0.05, 0) is 103 Å². The van der Waals surface area contributed by atoms with Crippen molar-refractivity contribution in [2.45, 2.75) is 12.8 Å². The quantitative estimate of drug-likeness (QED) is 0.0825. The van der Waals surface area contributed by atoms with Gasteiger partial charge in [0.1, 0.15) is 0 Å². The number of nitrogens with zero attached hydrogens (tertiary/aromatic N) is 2. The topological polar surface area (TPSA) is 96.7 Å². The van der Waals surface area contributed by atoms with E-state index in [9.17, 15) is 14.7 Å². The maximum Gasteiger partial charge on any atom is 0.354 e. The molecule has 0 fully saturated rings. The van der Waals surface area contributed by atoms with E-state index in [4.69, 9.17) is 5.41 Å². The minimum Gasteiger partial charge on any atom is -0.477 e. The maximum atomic E-state index is 12.8. The molecule has 6 rings (SSSR count). The SMILES string of the molecule is N=C(C(=O)O)/C(=C/C=C/c1ccc2c(c1)CCCN2c1ccc(N(c2ccccc2)c2ccccc2)cc1)C(=O)Nc1ccccc1. The molecule has 0 spiro atoms. The summed E-state index contributed by atoms with van der Waals surface area (Å²) in [6.45, 7) is 0.905. The zero-order valence-electron chi connectivity index (χ0n) is 25.7. The molecule has 0 atom stereocenters. The lowest BCUT2D eigenvalue weighted by Crippen LogP contribution is -2.25. The summed E-state index contributed by atoms with van der Waals surface area (Å²) in [5.41, 5.74) is 7.16. The fraction of sp³-hybridized carbons (Fsp3) is 0.0750. The summed E-state index contributed by atoms with van der Waals surface area (Å²) in [7, 11) is 0. The van der Waals surface area contributed by atoms with Gasteiger partial charge in [0.05, 0.1) is 5.57 Å². The Hall–Kier alpha value is -6.21. The minimum atomic E-state index is -1.47. The van der Waals surface area contributed by atoms with Crippen molar-refractivity contribution in [1.82, 2.24) is 0 Å². The van der Waals surface area contributed by atoms with Crippen LogP contribution in [0, 0.1) is 5.41 Å². The molecule has 1 aliphatic heterocycles. The summed E-state index contributed by atoms with van der Waals surface area (Å²) in [6, 6.07) is 44.3. The van der Waals surface area contributed by atoms with Gasteiger partial charge in [-0.15, -0.1) is 0 Å². The van der Waals surface area contributed by atoms with E-state index in [1.807, 2.05) is 54.6 Å². The molecule has 7 heteroatoms. The Balaban J connectivity index is 1.22. The van der Waals surface area contributed by atoms with Gasteiger partial charge >= 0.3 is 5.97 Å². The molecular weight excluding hydrogens is 584 g/mol. The van der Waals surface area contributed by atoms with Gasteiger partial charge in [-0.3, -0.25) is 10.2 Å². The van der Waals surface area contributed by atoms with Crippen molar-refractivity contribution in [1.29, 1.82) is 5.41 Å². The third-order valence-corrected chi connectivity index (χ3v) is 7.98. The van der Waals surface area contributed by atoms with E-state index in [-0.39, 0.29) is 5.57 Å². The zero-order chi connectivity index (χ0) is 32.6. The van der Waals surface area contributed by atoms with Crippen LogP contribution in [0.2, 0.25) is 0 Å². The maximum absolute atomic E-state index is 12.8. The number of benzene rings is 5. The highest BCUT2D eigenvalue weighted by Gasteiger charge is 2.21. The van der Waals surface area contributed by atoms with Crippen LogP contribution < -0.4 is 15.1 Å². The van der Waals surface area contributed by atoms with Gasteiger partial charge in [0, 0.05) is 40.7 Å². The second-order valence-electron chi connectivity index (χ2n) is 11.1. The van der Waals surface area contributed by atoms with Gasteiger partial charge in [-0.1, -0.05) is 72.8 Å². The van der Waals surface area contributed by atoms with Crippen molar-refractivity contribution in [3.05, 3.63) is 162 Å². The van der Waals surface area contributed by atoms with E-state index in [0.717, 1.165) is 53.4 Å². The van der Waals surface area contributed by atoms with Crippen LogP contribution in [0.1, 0.15) is 17.5 Å². The van der Waals surface area contributed by atoms with Gasteiger partial charge < -0.3 is 20.2 Å². The summed E-state index contributed by atoms with van der Waals surface area (Å²) >= 11 is 0. The summed E-state index contributed by atoms with van der Waals surface area (Å²) in [5.74, 6) is -2.13. The van der Waals surface area contributed by atoms with Crippen LogP contribution in [0.5, 0.6) is 0 Å². The number of hydrogen-bond donors (Lipinski definition) is 3. The van der Waals surface area contributed by atoms with Crippen LogP contribution in [-0.4, -0.2) is 29.2 Å². The van der Waals surface area contributed by atoms with E-state index < -0.39 is 17.6 Å². The molecule has 0 saturated heterocycles. The Bertz CT molecular complexity index is 1900. The number of para-hydroxylation sites is 3. The highest BCUT2D eigenvalue weighted by molar-refractivity contribution is 6.48. The Morgan fingerprint density at radius 1 is 0.766 bits per heavy atom. The molecule has 7 nitrogen and oxygen atoms in total. The molecule has 5 aromatic carbocycles. The molecule has 5 aromatic rings. The molecule has 0 unspecified atom stereocenters. The van der Waals surface area contributed by atoms with E-state index in [0.29, 0.717) is 5.69 Å². The van der Waals surface area contributed by atoms with Crippen molar-refractivity contribution in [3.8, 4) is 0 Å². The van der Waals surface area contributed by atoms with Crippen molar-refractivity contribution in [2.75, 3.05) is 21.7 Å². The van der Waals surface area contributed by atoms with Crippen LogP contribution in [0.4, 0.5) is 34.1 Å². The lowest BCUT2D eigenvalue weighted by molar-refractivity contribution is -0.129. The number of nitrogens with one attached hydrogen (secondary N) is 2. The molecule has 3 N–H and O–H groups in total. The van der Waals surface area contributed by atoms with E-state index in [1.165, 1.54) is 11.6 Å². The number of hydrogen-bond acceptors (Lipinski definition) is 5. The van der Waals surface area contributed by atoms with Crippen LogP contribution >= 0.6 is 0 Å². The number of carboxylic acid groups (broad SMARTS) is 1. The molecule has 0 bridgehead atoms. The first-order valence-electron chi connectivity index (χ1n) is 15.5. The molecule has 1 aliphatic rings. The lowest BCUT2D eigenvalue weighted by atomic mass is 9.98. The third-order valence-electron chi connectivity index (χ3n) is 7.98. The summed E-state index contributed by atoms with van der Waals surface area (Å²) in [5, 5.41) is 20.0. The number of allylic oxidation sites excluding steroid dienone is 2. The Labute approximate surface area is 274 Å². The number of aliphatic carboxylic acids is 1. The predicted molar refractivity (Wildman–Crippen MR) is 190 cm³/mol. The number of carbonyl (C=O) groups excluding carboxylic acids is 1. The number of carbonyl (C=O) groups is 2. The average Bonchev–Trinajstić information content (AvgIpc) is 3.11. The van der Waals surface area contributed by atoms with Gasteiger partial charge in [-0.2, -0.15) is 0 Å². The van der Waals surface area contributed by atoms with Crippen molar-refractivity contribution in [2.24, 2.45) is 0 Å². The number of anilines is 6. The highest BCUT2D eigenvalue weighted by Crippen LogP contribution is 2.38. The zero-order valence-corrected chi connectivity index (χ0v) is 25.7. The number of amides is 1. The third kappa shape index (κ3) is 7.21. The molecule has 47 heavy (non-hydrogen) atoms. The standard InChI is InChI=1S/C40H34N4O3/c41-38(40(46)47)36(39(45)42-31-14-4-1-5-15-31)20-10-12-29-21-26-37-30(28-29)13-11-27-43(37)32-22-24-35(25-23-32)44(33-16-6-2-7-17-33)34-18-8-3-9-19-34/h1-10,12,14-26,28,41H,11,13,27H2,(H,42,45)(H,46,47)/b12-10+,36-20-,41-38?. The van der Waals surface area contributed by atoms with Crippen LogP contribution in [0.25, 0.3) is 6.08 Å². The van der Waals surface area contributed by atoms with Crippen molar-refractivity contribution in [3.63, 3.8) is 0 Å². The van der Waals surface area contributed by atoms with Crippen molar-refractivity contribution < 1.29 is 14.7 Å². The first kappa shape index (κ1) is 30.8. The van der Waals surface area contributed by atoms with Gasteiger partial charge in [0.2, 0.25) is 0 Å². The minimum absolute atomic E-state index is 0.233. The Kier molecular flexibility index (Phi) is 9.35. The fourth-order valence-corrected chi connectivity index (χ4v) is 5.74. The van der Waals surface area contributed by atoms with Crippen LogP contribution in [0.15, 0.2) is 151 Å².